The Balaban J connectivity index is 3.37. The Morgan fingerprint density at radius 2 is 1.91 bits per heavy atom. The lowest BCUT2D eigenvalue weighted by atomic mass is 10.2. The molecule has 0 radical (unpaired) electrons. The van der Waals surface area contributed by atoms with Gasteiger partial charge in [-0.2, -0.15) is 0 Å². The molecule has 3 heteroatoms. The van der Waals surface area contributed by atoms with E-state index in [9.17, 15) is 4.21 Å². The lowest BCUT2D eigenvalue weighted by Crippen LogP contribution is -2.33. The van der Waals surface area contributed by atoms with Crippen LogP contribution in [-0.4, -0.2) is 28.8 Å². The summed E-state index contributed by atoms with van der Waals surface area (Å²) in [4.78, 5) is 0. The third-order valence-corrected chi connectivity index (χ3v) is 2.33. The largest absolute Gasteiger partial charge is 0.313 e. The molecular formula is C8H19NOS. The summed E-state index contributed by atoms with van der Waals surface area (Å²) in [5, 5.41) is 3.32. The van der Waals surface area contributed by atoms with Crippen LogP contribution in [0.3, 0.4) is 0 Å². The van der Waals surface area contributed by atoms with Crippen molar-refractivity contribution >= 4 is 10.8 Å². The summed E-state index contributed by atoms with van der Waals surface area (Å²) in [6.07, 6.45) is 1.74. The van der Waals surface area contributed by atoms with Crippen LogP contribution < -0.4 is 5.32 Å². The van der Waals surface area contributed by atoms with Crippen LogP contribution in [-0.2, 0) is 10.8 Å². The van der Waals surface area contributed by atoms with Crippen LogP contribution >= 0.6 is 0 Å². The first kappa shape index (κ1) is 11.1. The smallest absolute Gasteiger partial charge is 0.0383 e. The molecule has 0 aromatic heterocycles. The SMILES string of the molecule is CC(C)CNC(C)CS(C)=O. The zero-order valence-electron chi connectivity index (χ0n) is 7.89. The topological polar surface area (TPSA) is 29.1 Å². The average Bonchev–Trinajstić information content (AvgIpc) is 1.82. The number of nitrogens with one attached hydrogen (secondary N) is 1. The zero-order chi connectivity index (χ0) is 8.85. The molecule has 0 bridgehead atoms. The van der Waals surface area contributed by atoms with E-state index in [1.807, 2.05) is 0 Å². The molecule has 0 aromatic rings. The standard InChI is InChI=1S/C8H19NOS/c1-7(2)5-9-8(3)6-11(4)10/h7-9H,5-6H2,1-4H3. The van der Waals surface area contributed by atoms with E-state index < -0.39 is 10.8 Å². The highest BCUT2D eigenvalue weighted by Gasteiger charge is 2.03. The first-order chi connectivity index (χ1) is 5.02. The summed E-state index contributed by atoms with van der Waals surface area (Å²) in [6, 6.07) is 0.378. The van der Waals surface area contributed by atoms with Crippen molar-refractivity contribution in [3.8, 4) is 0 Å². The molecule has 2 nitrogen and oxygen atoms in total. The van der Waals surface area contributed by atoms with Gasteiger partial charge in [0.1, 0.15) is 0 Å². The van der Waals surface area contributed by atoms with Crippen molar-refractivity contribution in [2.45, 2.75) is 26.8 Å². The second kappa shape index (κ2) is 5.72. The summed E-state index contributed by atoms with van der Waals surface area (Å²) >= 11 is 0. The molecule has 11 heavy (non-hydrogen) atoms. The number of hydrogen-bond donors (Lipinski definition) is 1. The predicted molar refractivity (Wildman–Crippen MR) is 51.2 cm³/mol. The van der Waals surface area contributed by atoms with Gasteiger partial charge in [-0.25, -0.2) is 0 Å². The van der Waals surface area contributed by atoms with Crippen LogP contribution in [0.15, 0.2) is 0 Å². The van der Waals surface area contributed by atoms with Gasteiger partial charge in [0.2, 0.25) is 0 Å². The van der Waals surface area contributed by atoms with Gasteiger partial charge in [0.05, 0.1) is 0 Å². The van der Waals surface area contributed by atoms with Crippen molar-refractivity contribution in [1.29, 1.82) is 0 Å². The molecule has 0 rings (SSSR count). The Morgan fingerprint density at radius 3 is 2.27 bits per heavy atom. The second-order valence-electron chi connectivity index (χ2n) is 3.44. The maximum absolute atomic E-state index is 10.8. The zero-order valence-corrected chi connectivity index (χ0v) is 8.70. The Bertz CT molecular complexity index is 125. The van der Waals surface area contributed by atoms with Gasteiger partial charge in [0.25, 0.3) is 0 Å². The third kappa shape index (κ3) is 8.01. The fraction of sp³-hybridized carbons (Fsp3) is 1.00. The first-order valence-corrected chi connectivity index (χ1v) is 5.78. The normalized spacial score (nSPS) is 16.8. The Morgan fingerprint density at radius 1 is 1.36 bits per heavy atom. The molecule has 68 valence electrons. The Kier molecular flexibility index (Phi) is 5.78. The van der Waals surface area contributed by atoms with E-state index in [1.54, 1.807) is 6.26 Å². The fourth-order valence-corrected chi connectivity index (χ4v) is 1.67. The third-order valence-electron chi connectivity index (χ3n) is 1.36. The van der Waals surface area contributed by atoms with Gasteiger partial charge in [-0.3, -0.25) is 4.21 Å². The molecule has 0 amide bonds. The summed E-state index contributed by atoms with van der Waals surface area (Å²) in [6.45, 7) is 7.42. The number of rotatable bonds is 5. The van der Waals surface area contributed by atoms with E-state index in [2.05, 4.69) is 26.1 Å². The van der Waals surface area contributed by atoms with E-state index >= 15 is 0 Å². The molecular weight excluding hydrogens is 158 g/mol. The number of hydrogen-bond acceptors (Lipinski definition) is 2. The first-order valence-electron chi connectivity index (χ1n) is 4.05. The summed E-state index contributed by atoms with van der Waals surface area (Å²) < 4.78 is 10.8. The highest BCUT2D eigenvalue weighted by atomic mass is 32.2. The highest BCUT2D eigenvalue weighted by Crippen LogP contribution is 1.91. The van der Waals surface area contributed by atoms with Crippen LogP contribution in [0, 0.1) is 5.92 Å². The average molecular weight is 177 g/mol. The van der Waals surface area contributed by atoms with Gasteiger partial charge in [0, 0.05) is 28.9 Å². The van der Waals surface area contributed by atoms with Gasteiger partial charge in [-0.1, -0.05) is 13.8 Å². The van der Waals surface area contributed by atoms with Crippen molar-refractivity contribution in [3.63, 3.8) is 0 Å². The van der Waals surface area contributed by atoms with E-state index in [1.165, 1.54) is 0 Å². The molecule has 0 aliphatic heterocycles. The monoisotopic (exact) mass is 177 g/mol. The second-order valence-corrected chi connectivity index (χ2v) is 4.92. The van der Waals surface area contributed by atoms with Crippen molar-refractivity contribution in [2.75, 3.05) is 18.6 Å². The van der Waals surface area contributed by atoms with Gasteiger partial charge < -0.3 is 5.32 Å². The van der Waals surface area contributed by atoms with Gasteiger partial charge in [0.15, 0.2) is 0 Å². The van der Waals surface area contributed by atoms with Crippen LogP contribution in [0.5, 0.6) is 0 Å². The van der Waals surface area contributed by atoms with Gasteiger partial charge >= 0.3 is 0 Å². The molecule has 0 heterocycles. The van der Waals surface area contributed by atoms with Gasteiger partial charge in [-0.15, -0.1) is 0 Å². The van der Waals surface area contributed by atoms with E-state index in [0.29, 0.717) is 12.0 Å². The molecule has 0 aliphatic rings. The van der Waals surface area contributed by atoms with Crippen LogP contribution in [0.2, 0.25) is 0 Å². The quantitative estimate of drug-likeness (QED) is 0.679. The van der Waals surface area contributed by atoms with E-state index in [0.717, 1.165) is 12.3 Å². The Hall–Kier alpha value is 0.110. The van der Waals surface area contributed by atoms with Crippen molar-refractivity contribution in [1.82, 2.24) is 5.32 Å². The summed E-state index contributed by atoms with van der Waals surface area (Å²) in [5.41, 5.74) is 0. The summed E-state index contributed by atoms with van der Waals surface area (Å²) in [7, 11) is -0.673. The van der Waals surface area contributed by atoms with E-state index in [4.69, 9.17) is 0 Å². The Labute approximate surface area is 72.2 Å². The predicted octanol–water partition coefficient (Wildman–Crippen LogP) is 0.999. The molecule has 0 fully saturated rings. The molecule has 0 aromatic carbocycles. The highest BCUT2D eigenvalue weighted by molar-refractivity contribution is 7.84. The lowest BCUT2D eigenvalue weighted by molar-refractivity contribution is 0.506. The summed E-state index contributed by atoms with van der Waals surface area (Å²) in [5.74, 6) is 1.43. The molecule has 2 unspecified atom stereocenters. The van der Waals surface area contributed by atoms with E-state index in [-0.39, 0.29) is 0 Å². The molecule has 0 saturated carbocycles. The minimum atomic E-state index is -0.673. The van der Waals surface area contributed by atoms with Crippen LogP contribution in [0.25, 0.3) is 0 Å². The molecule has 0 aliphatic carbocycles. The van der Waals surface area contributed by atoms with Gasteiger partial charge in [-0.05, 0) is 19.4 Å². The maximum Gasteiger partial charge on any atom is 0.0383 e. The lowest BCUT2D eigenvalue weighted by Gasteiger charge is -2.13. The fourth-order valence-electron chi connectivity index (χ4n) is 0.848. The minimum absolute atomic E-state index is 0.378. The van der Waals surface area contributed by atoms with Crippen molar-refractivity contribution in [2.24, 2.45) is 5.92 Å². The molecule has 0 saturated heterocycles. The van der Waals surface area contributed by atoms with Crippen LogP contribution in [0.1, 0.15) is 20.8 Å². The molecule has 2 atom stereocenters. The molecule has 0 spiro atoms. The molecule has 1 N–H and O–H groups in total. The van der Waals surface area contributed by atoms with Crippen molar-refractivity contribution < 1.29 is 4.21 Å². The minimum Gasteiger partial charge on any atom is -0.313 e. The van der Waals surface area contributed by atoms with Crippen LogP contribution in [0.4, 0.5) is 0 Å². The maximum atomic E-state index is 10.8. The van der Waals surface area contributed by atoms with Crippen molar-refractivity contribution in [3.05, 3.63) is 0 Å².